The number of aromatic nitrogens is 2. The fourth-order valence-electron chi connectivity index (χ4n) is 1.35. The molecule has 0 aromatic carbocycles. The second-order valence-electron chi connectivity index (χ2n) is 3.16. The highest BCUT2D eigenvalue weighted by molar-refractivity contribution is 5.90. The van der Waals surface area contributed by atoms with E-state index in [1.54, 1.807) is 30.7 Å². The molecule has 0 saturated carbocycles. The first-order valence-electron chi connectivity index (χ1n) is 4.76. The maximum Gasteiger partial charge on any atom is 0.337 e. The fourth-order valence-corrected chi connectivity index (χ4v) is 1.35. The molecule has 0 bridgehead atoms. The van der Waals surface area contributed by atoms with E-state index in [1.165, 1.54) is 7.11 Å². The van der Waals surface area contributed by atoms with E-state index in [4.69, 9.17) is 0 Å². The minimum absolute atomic E-state index is 0.368. The molecule has 0 aliphatic heterocycles. The summed E-state index contributed by atoms with van der Waals surface area (Å²) in [7, 11) is 1.35. The predicted octanol–water partition coefficient (Wildman–Crippen LogP) is 1.93. The molecule has 0 spiro atoms. The molecule has 0 fully saturated rings. The van der Waals surface area contributed by atoms with Crippen LogP contribution in [0.2, 0.25) is 0 Å². The van der Waals surface area contributed by atoms with Gasteiger partial charge in [0.2, 0.25) is 0 Å². The Hall–Kier alpha value is -2.23. The molecule has 2 aromatic heterocycles. The molecule has 0 N–H and O–H groups in total. The number of nitrogens with zero attached hydrogens (tertiary/aromatic N) is 2. The van der Waals surface area contributed by atoms with Crippen molar-refractivity contribution in [2.45, 2.75) is 0 Å². The Labute approximate surface area is 92.9 Å². The summed E-state index contributed by atoms with van der Waals surface area (Å²) in [4.78, 5) is 19.5. The Balaban J connectivity index is 2.40. The van der Waals surface area contributed by atoms with Crippen LogP contribution in [0.4, 0.5) is 0 Å². The Morgan fingerprint density at radius 3 is 2.88 bits per heavy atom. The number of carbonyl (C=O) groups excluding carboxylic acids is 1. The molecule has 16 heavy (non-hydrogen) atoms. The van der Waals surface area contributed by atoms with Gasteiger partial charge in [0, 0.05) is 24.2 Å². The zero-order valence-electron chi connectivity index (χ0n) is 8.75. The summed E-state index contributed by atoms with van der Waals surface area (Å²) < 4.78 is 4.64. The summed E-state index contributed by atoms with van der Waals surface area (Å²) in [6.45, 7) is 0. The molecule has 0 radical (unpaired) electrons. The molecule has 2 heterocycles. The SMILES string of the molecule is COC(=O)c1ccnc(-c2cccnc2)c1. The summed E-state index contributed by atoms with van der Waals surface area (Å²) >= 11 is 0. The topological polar surface area (TPSA) is 52.1 Å². The van der Waals surface area contributed by atoms with Gasteiger partial charge in [-0.2, -0.15) is 0 Å². The average Bonchev–Trinajstić information content (AvgIpc) is 2.39. The summed E-state index contributed by atoms with van der Waals surface area (Å²) in [6, 6.07) is 7.01. The lowest BCUT2D eigenvalue weighted by Gasteiger charge is -2.02. The minimum atomic E-state index is -0.368. The molecular formula is C12H10N2O2. The van der Waals surface area contributed by atoms with E-state index in [2.05, 4.69) is 14.7 Å². The van der Waals surface area contributed by atoms with E-state index in [-0.39, 0.29) is 5.97 Å². The Morgan fingerprint density at radius 1 is 1.31 bits per heavy atom. The standard InChI is InChI=1S/C12H10N2O2/c1-16-12(15)9-4-6-14-11(7-9)10-3-2-5-13-8-10/h2-8H,1H3. The maximum atomic E-state index is 11.3. The van der Waals surface area contributed by atoms with Crippen molar-refractivity contribution in [3.63, 3.8) is 0 Å². The predicted molar refractivity (Wildman–Crippen MR) is 58.8 cm³/mol. The van der Waals surface area contributed by atoms with Crippen molar-refractivity contribution in [2.75, 3.05) is 7.11 Å². The van der Waals surface area contributed by atoms with Gasteiger partial charge in [0.25, 0.3) is 0 Å². The van der Waals surface area contributed by atoms with Crippen molar-refractivity contribution in [1.29, 1.82) is 0 Å². The van der Waals surface area contributed by atoms with E-state index in [9.17, 15) is 4.79 Å². The van der Waals surface area contributed by atoms with Crippen molar-refractivity contribution >= 4 is 5.97 Å². The molecule has 4 heteroatoms. The van der Waals surface area contributed by atoms with Crippen LogP contribution in [-0.4, -0.2) is 23.0 Å². The van der Waals surface area contributed by atoms with Crippen molar-refractivity contribution in [3.05, 3.63) is 48.4 Å². The molecule has 4 nitrogen and oxygen atoms in total. The Kier molecular flexibility index (Phi) is 2.91. The van der Waals surface area contributed by atoms with Crippen LogP contribution in [0.5, 0.6) is 0 Å². The first-order valence-corrected chi connectivity index (χ1v) is 4.76. The van der Waals surface area contributed by atoms with Gasteiger partial charge >= 0.3 is 5.97 Å². The van der Waals surface area contributed by atoms with Crippen LogP contribution in [-0.2, 0) is 4.74 Å². The third kappa shape index (κ3) is 2.06. The molecule has 0 amide bonds. The highest BCUT2D eigenvalue weighted by Crippen LogP contribution is 2.16. The minimum Gasteiger partial charge on any atom is -0.465 e. The lowest BCUT2D eigenvalue weighted by molar-refractivity contribution is 0.0600. The first kappa shape index (κ1) is 10.3. The van der Waals surface area contributed by atoms with Crippen LogP contribution < -0.4 is 0 Å². The summed E-state index contributed by atoms with van der Waals surface area (Å²) in [5.41, 5.74) is 2.06. The monoisotopic (exact) mass is 214 g/mol. The van der Waals surface area contributed by atoms with Gasteiger partial charge in [-0.3, -0.25) is 9.97 Å². The van der Waals surface area contributed by atoms with Gasteiger partial charge in [-0.15, -0.1) is 0 Å². The molecule has 0 atom stereocenters. The number of hydrogen-bond donors (Lipinski definition) is 0. The van der Waals surface area contributed by atoms with Crippen LogP contribution >= 0.6 is 0 Å². The molecule has 2 aromatic rings. The zero-order chi connectivity index (χ0) is 11.4. The van der Waals surface area contributed by atoms with Gasteiger partial charge in [-0.1, -0.05) is 0 Å². The van der Waals surface area contributed by atoms with E-state index in [0.29, 0.717) is 11.3 Å². The summed E-state index contributed by atoms with van der Waals surface area (Å²) in [6.07, 6.45) is 4.96. The second kappa shape index (κ2) is 4.53. The van der Waals surface area contributed by atoms with E-state index in [1.807, 2.05) is 12.1 Å². The number of rotatable bonds is 2. The highest BCUT2D eigenvalue weighted by atomic mass is 16.5. The van der Waals surface area contributed by atoms with E-state index in [0.717, 1.165) is 5.56 Å². The number of esters is 1. The lowest BCUT2D eigenvalue weighted by Crippen LogP contribution is -2.01. The molecule has 0 unspecified atom stereocenters. The van der Waals surface area contributed by atoms with Crippen LogP contribution in [0, 0.1) is 0 Å². The number of hydrogen-bond acceptors (Lipinski definition) is 4. The van der Waals surface area contributed by atoms with Gasteiger partial charge in [0.15, 0.2) is 0 Å². The second-order valence-corrected chi connectivity index (χ2v) is 3.16. The van der Waals surface area contributed by atoms with Crippen molar-refractivity contribution in [2.24, 2.45) is 0 Å². The quantitative estimate of drug-likeness (QED) is 0.717. The molecule has 0 saturated heterocycles. The van der Waals surface area contributed by atoms with Gasteiger partial charge in [0.1, 0.15) is 0 Å². The van der Waals surface area contributed by atoms with Gasteiger partial charge in [0.05, 0.1) is 18.4 Å². The van der Waals surface area contributed by atoms with Crippen LogP contribution in [0.3, 0.4) is 0 Å². The molecular weight excluding hydrogens is 204 g/mol. The molecule has 80 valence electrons. The lowest BCUT2D eigenvalue weighted by atomic mass is 10.1. The van der Waals surface area contributed by atoms with Crippen molar-refractivity contribution < 1.29 is 9.53 Å². The Bertz CT molecular complexity index is 497. The number of ether oxygens (including phenoxy) is 1. The molecule has 2 rings (SSSR count). The van der Waals surface area contributed by atoms with Crippen molar-refractivity contribution in [1.82, 2.24) is 9.97 Å². The number of methoxy groups -OCH3 is 1. The summed E-state index contributed by atoms with van der Waals surface area (Å²) in [5, 5.41) is 0. The normalized spacial score (nSPS) is 9.81. The highest BCUT2D eigenvalue weighted by Gasteiger charge is 2.07. The van der Waals surface area contributed by atoms with Crippen LogP contribution in [0.15, 0.2) is 42.9 Å². The average molecular weight is 214 g/mol. The summed E-state index contributed by atoms with van der Waals surface area (Å²) in [5.74, 6) is -0.368. The van der Waals surface area contributed by atoms with E-state index < -0.39 is 0 Å². The fraction of sp³-hybridized carbons (Fsp3) is 0.0833. The third-order valence-corrected chi connectivity index (χ3v) is 2.14. The van der Waals surface area contributed by atoms with Gasteiger partial charge < -0.3 is 4.74 Å². The smallest absolute Gasteiger partial charge is 0.337 e. The maximum absolute atomic E-state index is 11.3. The number of pyridine rings is 2. The first-order chi connectivity index (χ1) is 7.81. The van der Waals surface area contributed by atoms with Crippen molar-refractivity contribution in [3.8, 4) is 11.3 Å². The molecule has 0 aliphatic rings. The van der Waals surface area contributed by atoms with Crippen LogP contribution in [0.25, 0.3) is 11.3 Å². The zero-order valence-corrected chi connectivity index (χ0v) is 8.75. The Morgan fingerprint density at radius 2 is 2.19 bits per heavy atom. The van der Waals surface area contributed by atoms with Crippen LogP contribution in [0.1, 0.15) is 10.4 Å². The third-order valence-electron chi connectivity index (χ3n) is 2.14. The number of carbonyl (C=O) groups is 1. The van der Waals surface area contributed by atoms with E-state index >= 15 is 0 Å². The molecule has 0 aliphatic carbocycles. The van der Waals surface area contributed by atoms with Gasteiger partial charge in [-0.05, 0) is 24.3 Å². The van der Waals surface area contributed by atoms with Gasteiger partial charge in [-0.25, -0.2) is 4.79 Å². The largest absolute Gasteiger partial charge is 0.465 e.